The summed E-state index contributed by atoms with van der Waals surface area (Å²) in [5, 5.41) is 23.2. The maximum atomic E-state index is 14.9. The Bertz CT molecular complexity index is 1360. The molecule has 10 nitrogen and oxygen atoms in total. The molecule has 2 bridgehead atoms. The van der Waals surface area contributed by atoms with E-state index in [4.69, 9.17) is 30.5 Å². The van der Waals surface area contributed by atoms with Crippen molar-refractivity contribution >= 4 is 35.3 Å². The van der Waals surface area contributed by atoms with Crippen LogP contribution < -0.4 is 0 Å². The maximum absolute atomic E-state index is 14.9. The number of halogens is 1. The number of fused-ring (bicyclic) bond motifs is 5. The first-order chi connectivity index (χ1) is 19.5. The molecule has 3 fully saturated rings. The third-order valence-corrected chi connectivity index (χ3v) is 10.8. The highest BCUT2D eigenvalue weighted by molar-refractivity contribution is 6.23. The number of hydrogen-bond acceptors (Lipinski definition) is 10. The van der Waals surface area contributed by atoms with Crippen molar-refractivity contribution in [3.05, 3.63) is 47.0 Å². The summed E-state index contributed by atoms with van der Waals surface area (Å²) in [7, 11) is 0. The van der Waals surface area contributed by atoms with Crippen LogP contribution in [0.2, 0.25) is 0 Å². The predicted molar refractivity (Wildman–Crippen MR) is 148 cm³/mol. The fraction of sp³-hybridized carbons (Fsp3) is 0.613. The molecule has 4 unspecified atom stereocenters. The summed E-state index contributed by atoms with van der Waals surface area (Å²) in [4.78, 5) is 53.6. The minimum atomic E-state index is -2.06. The highest BCUT2D eigenvalue weighted by Crippen LogP contribution is 2.65. The minimum absolute atomic E-state index is 0.0994. The van der Waals surface area contributed by atoms with E-state index in [0.717, 1.165) is 0 Å². The van der Waals surface area contributed by atoms with Crippen LogP contribution in [0.15, 0.2) is 41.5 Å². The molecular formula is C31H37ClO10. The van der Waals surface area contributed by atoms with Crippen LogP contribution in [0, 0.1) is 16.7 Å². The molecule has 1 saturated heterocycles. The summed E-state index contributed by atoms with van der Waals surface area (Å²) < 4.78 is 23.7. The molecule has 0 radical (unpaired) electrons. The Morgan fingerprint density at radius 1 is 1.05 bits per heavy atom. The van der Waals surface area contributed by atoms with Crippen molar-refractivity contribution in [2.75, 3.05) is 6.61 Å². The van der Waals surface area contributed by atoms with Crippen LogP contribution in [0.1, 0.15) is 64.7 Å². The van der Waals surface area contributed by atoms with Gasteiger partial charge in [0.2, 0.25) is 0 Å². The second-order valence-corrected chi connectivity index (χ2v) is 13.3. The lowest BCUT2D eigenvalue weighted by Gasteiger charge is -2.67. The smallest absolute Gasteiger partial charge is 0.338 e. The third kappa shape index (κ3) is 4.17. The van der Waals surface area contributed by atoms with Crippen LogP contribution in [0.5, 0.6) is 0 Å². The zero-order chi connectivity index (χ0) is 31.0. The van der Waals surface area contributed by atoms with Gasteiger partial charge in [-0.3, -0.25) is 14.4 Å². The normalized spacial score (nSPS) is 40.4. The van der Waals surface area contributed by atoms with Gasteiger partial charge in [-0.2, -0.15) is 0 Å². The zero-order valence-electron chi connectivity index (χ0n) is 24.5. The summed E-state index contributed by atoms with van der Waals surface area (Å²) in [6.45, 7) is 8.74. The van der Waals surface area contributed by atoms with E-state index in [1.54, 1.807) is 58.0 Å². The van der Waals surface area contributed by atoms with Crippen molar-refractivity contribution in [3.63, 3.8) is 0 Å². The number of carbonyl (C=O) groups excluding carboxylic acids is 4. The Morgan fingerprint density at radius 3 is 2.24 bits per heavy atom. The van der Waals surface area contributed by atoms with Gasteiger partial charge in [0.15, 0.2) is 17.5 Å². The van der Waals surface area contributed by atoms with E-state index >= 15 is 0 Å². The van der Waals surface area contributed by atoms with Crippen molar-refractivity contribution in [2.45, 2.75) is 95.4 Å². The predicted octanol–water partition coefficient (Wildman–Crippen LogP) is 2.90. The Hall–Kier alpha value is -2.79. The molecule has 2 N–H and O–H groups in total. The largest absolute Gasteiger partial charge is 0.455 e. The molecule has 0 amide bonds. The zero-order valence-corrected chi connectivity index (χ0v) is 25.3. The molecule has 0 aromatic heterocycles. The van der Waals surface area contributed by atoms with Crippen molar-refractivity contribution in [1.82, 2.24) is 0 Å². The number of aliphatic hydroxyl groups excluding tert-OH is 1. The summed E-state index contributed by atoms with van der Waals surface area (Å²) in [5.41, 5.74) is -5.88. The number of esters is 3. The number of ether oxygens (including phenoxy) is 4. The van der Waals surface area contributed by atoms with E-state index < -0.39 is 81.4 Å². The fourth-order valence-electron chi connectivity index (χ4n) is 7.87. The lowest BCUT2D eigenvalue weighted by atomic mass is 9.45. The number of alkyl halides is 1. The van der Waals surface area contributed by atoms with Gasteiger partial charge in [-0.25, -0.2) is 4.79 Å². The molecular weight excluding hydrogens is 568 g/mol. The highest BCUT2D eigenvalue weighted by atomic mass is 35.5. The van der Waals surface area contributed by atoms with Crippen LogP contribution in [0.3, 0.4) is 0 Å². The summed E-state index contributed by atoms with van der Waals surface area (Å²) in [6, 6.07) is 8.15. The molecule has 3 aliphatic carbocycles. The van der Waals surface area contributed by atoms with Crippen LogP contribution in [-0.2, 0) is 33.3 Å². The van der Waals surface area contributed by atoms with E-state index in [1.165, 1.54) is 13.8 Å². The van der Waals surface area contributed by atoms with Crippen LogP contribution >= 0.6 is 11.6 Å². The Morgan fingerprint density at radius 2 is 1.69 bits per heavy atom. The van der Waals surface area contributed by atoms with E-state index in [0.29, 0.717) is 5.57 Å². The average molecular weight is 605 g/mol. The molecule has 1 heterocycles. The van der Waals surface area contributed by atoms with Gasteiger partial charge in [-0.1, -0.05) is 39.0 Å². The monoisotopic (exact) mass is 604 g/mol. The van der Waals surface area contributed by atoms with Crippen molar-refractivity contribution < 1.29 is 48.3 Å². The van der Waals surface area contributed by atoms with E-state index in [9.17, 15) is 29.4 Å². The third-order valence-electron chi connectivity index (χ3n) is 10.1. The maximum Gasteiger partial charge on any atom is 0.338 e. The number of aliphatic hydroxyl groups is 2. The second-order valence-electron chi connectivity index (χ2n) is 12.7. The molecule has 1 aromatic carbocycles. The minimum Gasteiger partial charge on any atom is -0.455 e. The molecule has 5 rings (SSSR count). The molecule has 9 atom stereocenters. The molecule has 11 heteroatoms. The van der Waals surface area contributed by atoms with Gasteiger partial charge in [-0.15, -0.1) is 11.6 Å². The topological polar surface area (TPSA) is 146 Å². The van der Waals surface area contributed by atoms with E-state index in [2.05, 4.69) is 0 Å². The van der Waals surface area contributed by atoms with Gasteiger partial charge in [0, 0.05) is 31.1 Å². The van der Waals surface area contributed by atoms with Gasteiger partial charge >= 0.3 is 17.9 Å². The van der Waals surface area contributed by atoms with Gasteiger partial charge in [0.25, 0.3) is 0 Å². The number of Topliss-reactive ketones (excluding diaryl/α,β-unsaturated/α-hetero) is 1. The SMILES string of the molecule is CC(=O)O[C@H]1C(=O)[C@]2(C)C(Cl)CC3OC[C@@]3(OC(C)=O)C2C(OC(=O)c2ccccc2)[C@]2(O)C[C@H](O)C(C)=C1C2(C)C. The molecule has 42 heavy (non-hydrogen) atoms. The highest BCUT2D eigenvalue weighted by Gasteiger charge is 2.78. The first-order valence-electron chi connectivity index (χ1n) is 14.1. The standard InChI is InChI=1S/C31H37ClO10/c1-15-19(35)13-31(38)26(41-27(37)18-10-8-7-9-11-18)24-29(6,20(32)12-21-30(24,14-39-21)42-17(3)34)25(36)23(40-16(2)33)22(15)28(31,4)5/h7-11,19-21,23-24,26,35,38H,12-14H2,1-6H3/t19-,20?,21?,23+,24?,26?,29+,30-,31+/m0/s1. The summed E-state index contributed by atoms with van der Waals surface area (Å²) >= 11 is 7.03. The molecule has 228 valence electrons. The second kappa shape index (κ2) is 10.1. The lowest BCUT2D eigenvalue weighted by Crippen LogP contribution is -2.81. The molecule has 4 aliphatic rings. The average Bonchev–Trinajstić information content (AvgIpc) is 2.90. The summed E-state index contributed by atoms with van der Waals surface area (Å²) in [5.74, 6) is -4.06. The van der Waals surface area contributed by atoms with Crippen LogP contribution in [0.4, 0.5) is 0 Å². The van der Waals surface area contributed by atoms with Crippen molar-refractivity contribution in [2.24, 2.45) is 16.7 Å². The van der Waals surface area contributed by atoms with E-state index in [1.807, 2.05) is 0 Å². The molecule has 2 saturated carbocycles. The number of rotatable bonds is 4. The van der Waals surface area contributed by atoms with Gasteiger partial charge in [-0.05, 0) is 36.6 Å². The van der Waals surface area contributed by atoms with Crippen LogP contribution in [-0.4, -0.2) is 81.5 Å². The molecule has 1 aromatic rings. The van der Waals surface area contributed by atoms with Crippen molar-refractivity contribution in [1.29, 1.82) is 0 Å². The fourth-order valence-corrected chi connectivity index (χ4v) is 8.27. The quantitative estimate of drug-likeness (QED) is 0.228. The number of benzene rings is 1. The van der Waals surface area contributed by atoms with Gasteiger partial charge in [0.1, 0.15) is 17.8 Å². The first-order valence-corrected chi connectivity index (χ1v) is 14.5. The van der Waals surface area contributed by atoms with Gasteiger partial charge in [0.05, 0.1) is 29.6 Å². The Kier molecular flexibility index (Phi) is 7.41. The number of hydrogen-bond donors (Lipinski definition) is 2. The first kappa shape index (κ1) is 30.7. The van der Waals surface area contributed by atoms with Crippen LogP contribution in [0.25, 0.3) is 0 Å². The molecule has 1 aliphatic heterocycles. The number of carbonyl (C=O) groups is 4. The Labute approximate surface area is 249 Å². The van der Waals surface area contributed by atoms with E-state index in [-0.39, 0.29) is 30.6 Å². The molecule has 0 spiro atoms. The van der Waals surface area contributed by atoms with Gasteiger partial charge < -0.3 is 29.2 Å². The van der Waals surface area contributed by atoms with Crippen molar-refractivity contribution in [3.8, 4) is 0 Å². The Balaban J connectivity index is 1.84. The summed E-state index contributed by atoms with van der Waals surface area (Å²) in [6.07, 6.45) is -5.29. The lowest BCUT2D eigenvalue weighted by molar-refractivity contribution is -0.331. The number of ketones is 1.